The summed E-state index contributed by atoms with van der Waals surface area (Å²) in [5, 5.41) is 2.25. The number of carbonyl (C=O) groups is 1. The van der Waals surface area contributed by atoms with Crippen molar-refractivity contribution in [3.8, 4) is 0 Å². The molecule has 0 radical (unpaired) electrons. The molecule has 0 fully saturated rings. The molecule has 1 amide bonds. The number of hydrogen-bond donors (Lipinski definition) is 1. The predicted molar refractivity (Wildman–Crippen MR) is 57.8 cm³/mol. The molecule has 3 heteroatoms. The van der Waals surface area contributed by atoms with Gasteiger partial charge in [0.15, 0.2) is 0 Å². The van der Waals surface area contributed by atoms with Crippen LogP contribution in [0.1, 0.15) is 36.3 Å². The minimum absolute atomic E-state index is 0.123. The van der Waals surface area contributed by atoms with Crippen molar-refractivity contribution in [2.45, 2.75) is 25.1 Å². The Labute approximate surface area is 88.3 Å². The van der Waals surface area contributed by atoms with Gasteiger partial charge in [0.25, 0.3) is 0 Å². The standard InChI is InChI=1S/C11H12ClNO/c1-6(2)7-3-4-8-9(5-7)13-11(14)10(8)12/h3-6,10H,1-2H3,(H,13,14). The second kappa shape index (κ2) is 3.28. The predicted octanol–water partition coefficient (Wildman–Crippen LogP) is 3.04. The summed E-state index contributed by atoms with van der Waals surface area (Å²) in [5.41, 5.74) is 2.97. The van der Waals surface area contributed by atoms with Crippen LogP contribution >= 0.6 is 11.6 Å². The molecule has 1 N–H and O–H groups in total. The molecule has 0 saturated carbocycles. The number of hydrogen-bond acceptors (Lipinski definition) is 1. The van der Waals surface area contributed by atoms with Crippen molar-refractivity contribution >= 4 is 23.2 Å². The summed E-state index contributed by atoms with van der Waals surface area (Å²) in [6.45, 7) is 4.24. The molecule has 0 aliphatic carbocycles. The lowest BCUT2D eigenvalue weighted by Crippen LogP contribution is -2.06. The number of benzene rings is 1. The van der Waals surface area contributed by atoms with Gasteiger partial charge in [-0.3, -0.25) is 4.79 Å². The van der Waals surface area contributed by atoms with Crippen molar-refractivity contribution in [3.63, 3.8) is 0 Å². The average molecular weight is 210 g/mol. The molecule has 1 aromatic carbocycles. The van der Waals surface area contributed by atoms with E-state index in [-0.39, 0.29) is 5.91 Å². The third kappa shape index (κ3) is 1.40. The number of amides is 1. The maximum absolute atomic E-state index is 11.3. The van der Waals surface area contributed by atoms with E-state index in [1.807, 2.05) is 18.2 Å². The van der Waals surface area contributed by atoms with Crippen LogP contribution in [0.4, 0.5) is 5.69 Å². The zero-order valence-corrected chi connectivity index (χ0v) is 8.93. The molecule has 1 unspecified atom stereocenters. The normalized spacial score (nSPS) is 19.7. The Kier molecular flexibility index (Phi) is 2.23. The van der Waals surface area contributed by atoms with Gasteiger partial charge in [0.1, 0.15) is 5.38 Å². The molecular formula is C11H12ClNO. The van der Waals surface area contributed by atoms with E-state index < -0.39 is 5.38 Å². The molecule has 0 saturated heterocycles. The summed E-state index contributed by atoms with van der Waals surface area (Å²) in [6, 6.07) is 5.96. The highest BCUT2D eigenvalue weighted by atomic mass is 35.5. The van der Waals surface area contributed by atoms with E-state index >= 15 is 0 Å². The van der Waals surface area contributed by atoms with Crippen LogP contribution in [0.3, 0.4) is 0 Å². The molecule has 1 heterocycles. The molecule has 1 aliphatic heterocycles. The first-order chi connectivity index (χ1) is 6.59. The van der Waals surface area contributed by atoms with Gasteiger partial charge in [-0.15, -0.1) is 11.6 Å². The first kappa shape index (κ1) is 9.53. The van der Waals surface area contributed by atoms with Crippen LogP contribution in [-0.2, 0) is 4.79 Å². The molecule has 0 aromatic heterocycles. The Balaban J connectivity index is 2.44. The molecule has 2 rings (SSSR count). The second-order valence-corrected chi connectivity index (χ2v) is 4.29. The Morgan fingerprint density at radius 3 is 2.79 bits per heavy atom. The molecule has 1 atom stereocenters. The number of carbonyl (C=O) groups excluding carboxylic acids is 1. The number of nitrogens with one attached hydrogen (secondary N) is 1. The van der Waals surface area contributed by atoms with E-state index in [4.69, 9.17) is 11.6 Å². The van der Waals surface area contributed by atoms with Gasteiger partial charge in [0.2, 0.25) is 5.91 Å². The number of halogens is 1. The minimum Gasteiger partial charge on any atom is -0.324 e. The first-order valence-electron chi connectivity index (χ1n) is 4.68. The summed E-state index contributed by atoms with van der Waals surface area (Å²) in [7, 11) is 0. The largest absolute Gasteiger partial charge is 0.324 e. The lowest BCUT2D eigenvalue weighted by atomic mass is 10.0. The number of rotatable bonds is 1. The number of alkyl halides is 1. The smallest absolute Gasteiger partial charge is 0.247 e. The number of fused-ring (bicyclic) bond motifs is 1. The molecule has 0 bridgehead atoms. The van der Waals surface area contributed by atoms with Gasteiger partial charge >= 0.3 is 0 Å². The highest BCUT2D eigenvalue weighted by molar-refractivity contribution is 6.35. The SMILES string of the molecule is CC(C)c1ccc2c(c1)NC(=O)C2Cl. The highest BCUT2D eigenvalue weighted by Gasteiger charge is 2.28. The van der Waals surface area contributed by atoms with E-state index in [1.54, 1.807) is 0 Å². The maximum atomic E-state index is 11.3. The van der Waals surface area contributed by atoms with E-state index in [0.29, 0.717) is 5.92 Å². The van der Waals surface area contributed by atoms with Crippen molar-refractivity contribution in [2.24, 2.45) is 0 Å². The molecule has 1 aromatic rings. The van der Waals surface area contributed by atoms with Crippen molar-refractivity contribution in [1.82, 2.24) is 0 Å². The molecular weight excluding hydrogens is 198 g/mol. The van der Waals surface area contributed by atoms with Crippen molar-refractivity contribution < 1.29 is 4.79 Å². The van der Waals surface area contributed by atoms with Crippen LogP contribution in [0, 0.1) is 0 Å². The fourth-order valence-electron chi connectivity index (χ4n) is 1.60. The van der Waals surface area contributed by atoms with Crippen molar-refractivity contribution in [2.75, 3.05) is 5.32 Å². The Bertz CT molecular complexity index is 387. The van der Waals surface area contributed by atoms with Crippen LogP contribution in [0.5, 0.6) is 0 Å². The lowest BCUT2D eigenvalue weighted by molar-refractivity contribution is -0.115. The van der Waals surface area contributed by atoms with Gasteiger partial charge in [0.05, 0.1) is 0 Å². The molecule has 0 spiro atoms. The summed E-state index contributed by atoms with van der Waals surface area (Å²) in [6.07, 6.45) is 0. The quantitative estimate of drug-likeness (QED) is 0.708. The van der Waals surface area contributed by atoms with E-state index in [0.717, 1.165) is 11.3 Å². The Morgan fingerprint density at radius 1 is 1.43 bits per heavy atom. The Hall–Kier alpha value is -1.02. The summed E-state index contributed by atoms with van der Waals surface area (Å²) >= 11 is 5.91. The van der Waals surface area contributed by atoms with Gasteiger partial charge in [-0.2, -0.15) is 0 Å². The maximum Gasteiger partial charge on any atom is 0.247 e. The third-order valence-electron chi connectivity index (χ3n) is 2.51. The Morgan fingerprint density at radius 2 is 2.14 bits per heavy atom. The van der Waals surface area contributed by atoms with Crippen molar-refractivity contribution in [1.29, 1.82) is 0 Å². The first-order valence-corrected chi connectivity index (χ1v) is 5.12. The lowest BCUT2D eigenvalue weighted by Gasteiger charge is -2.07. The van der Waals surface area contributed by atoms with E-state index in [2.05, 4.69) is 19.2 Å². The van der Waals surface area contributed by atoms with Crippen molar-refractivity contribution in [3.05, 3.63) is 29.3 Å². The second-order valence-electron chi connectivity index (χ2n) is 3.85. The van der Waals surface area contributed by atoms with Crippen LogP contribution in [-0.4, -0.2) is 5.91 Å². The van der Waals surface area contributed by atoms with E-state index in [9.17, 15) is 4.79 Å². The summed E-state index contributed by atoms with van der Waals surface area (Å²) < 4.78 is 0. The number of anilines is 1. The topological polar surface area (TPSA) is 29.1 Å². The molecule has 14 heavy (non-hydrogen) atoms. The molecule has 1 aliphatic rings. The van der Waals surface area contributed by atoms with Gasteiger partial charge in [-0.1, -0.05) is 26.0 Å². The van der Waals surface area contributed by atoms with Gasteiger partial charge < -0.3 is 5.32 Å². The summed E-state index contributed by atoms with van der Waals surface area (Å²) in [4.78, 5) is 11.3. The summed E-state index contributed by atoms with van der Waals surface area (Å²) in [5.74, 6) is 0.342. The molecule has 2 nitrogen and oxygen atoms in total. The van der Waals surface area contributed by atoms with Crippen LogP contribution < -0.4 is 5.32 Å². The minimum atomic E-state index is -0.522. The average Bonchev–Trinajstić information content (AvgIpc) is 2.42. The van der Waals surface area contributed by atoms with Crippen LogP contribution in [0.2, 0.25) is 0 Å². The van der Waals surface area contributed by atoms with Crippen LogP contribution in [0.15, 0.2) is 18.2 Å². The zero-order chi connectivity index (χ0) is 10.3. The highest BCUT2D eigenvalue weighted by Crippen LogP contribution is 2.36. The molecule has 74 valence electrons. The zero-order valence-electron chi connectivity index (χ0n) is 8.17. The van der Waals surface area contributed by atoms with Gasteiger partial charge in [0, 0.05) is 11.3 Å². The third-order valence-corrected chi connectivity index (χ3v) is 2.94. The monoisotopic (exact) mass is 209 g/mol. The van der Waals surface area contributed by atoms with Gasteiger partial charge in [-0.05, 0) is 17.5 Å². The van der Waals surface area contributed by atoms with E-state index in [1.165, 1.54) is 5.56 Å². The van der Waals surface area contributed by atoms with Gasteiger partial charge in [-0.25, -0.2) is 0 Å². The van der Waals surface area contributed by atoms with Crippen LogP contribution in [0.25, 0.3) is 0 Å². The fourth-order valence-corrected chi connectivity index (χ4v) is 1.84. The fraction of sp³-hybridized carbons (Fsp3) is 0.364.